The second-order valence-corrected chi connectivity index (χ2v) is 11.1. The Balaban J connectivity index is 1.54. The van der Waals surface area contributed by atoms with Crippen LogP contribution in [0.4, 0.5) is 10.1 Å². The molecule has 40 heavy (non-hydrogen) atoms. The fourth-order valence-corrected chi connectivity index (χ4v) is 7.05. The van der Waals surface area contributed by atoms with Crippen LogP contribution < -0.4 is 4.90 Å². The Morgan fingerprint density at radius 3 is 2.17 bits per heavy atom. The summed E-state index contributed by atoms with van der Waals surface area (Å²) in [4.78, 5) is 45.6. The number of aryl methyl sites for hydroxylation is 1. The van der Waals surface area contributed by atoms with Crippen LogP contribution in [0.3, 0.4) is 0 Å². The second kappa shape index (κ2) is 8.83. The van der Waals surface area contributed by atoms with Gasteiger partial charge in [0.05, 0.1) is 6.04 Å². The minimum atomic E-state index is -1.62. The number of carbonyl (C=O) groups excluding carboxylic acids is 3. The maximum Gasteiger partial charge on any atom is 0.185 e. The van der Waals surface area contributed by atoms with E-state index in [9.17, 15) is 18.8 Å². The Kier molecular flexibility index (Phi) is 5.45. The smallest absolute Gasteiger partial charge is 0.185 e. The van der Waals surface area contributed by atoms with Crippen molar-refractivity contribution in [3.8, 4) is 0 Å². The van der Waals surface area contributed by atoms with Gasteiger partial charge in [-0.25, -0.2) is 4.39 Å². The van der Waals surface area contributed by atoms with Gasteiger partial charge in [-0.15, -0.1) is 0 Å². The third-order valence-electron chi connectivity index (χ3n) is 8.59. The van der Waals surface area contributed by atoms with E-state index in [1.54, 1.807) is 60.7 Å². The fourth-order valence-electron chi connectivity index (χ4n) is 6.92. The van der Waals surface area contributed by atoms with Gasteiger partial charge >= 0.3 is 0 Å². The molecule has 0 aromatic heterocycles. The second-order valence-electron chi connectivity index (χ2n) is 10.7. The van der Waals surface area contributed by atoms with Crippen molar-refractivity contribution < 1.29 is 18.8 Å². The number of fused-ring (bicyclic) bond motifs is 5. The molecule has 4 aromatic rings. The molecule has 1 aliphatic carbocycles. The average Bonchev–Trinajstić information content (AvgIpc) is 3.39. The van der Waals surface area contributed by atoms with Gasteiger partial charge in [-0.1, -0.05) is 71.8 Å². The number of benzene rings is 4. The molecule has 0 unspecified atom stereocenters. The third-order valence-corrected chi connectivity index (χ3v) is 8.84. The van der Waals surface area contributed by atoms with Crippen molar-refractivity contribution in [2.75, 3.05) is 4.90 Å². The standard InChI is InChI=1S/C34H23ClFNO3/c1-19-6-16-27-22(18-19)11-17-28-34(32(39)25-4-2-3-5-26(25)33(34)40)29(20-9-14-24(36)15-10-20)30(37(27)28)31(38)21-7-12-23(35)13-8-21/h2-18,28-30H,1H3/t28-,29-,30+/m0/s1. The fraction of sp³-hybridized carbons (Fsp3) is 0.147. The molecule has 2 aliphatic heterocycles. The molecule has 3 atom stereocenters. The van der Waals surface area contributed by atoms with Crippen LogP contribution in [0, 0.1) is 18.2 Å². The lowest BCUT2D eigenvalue weighted by Crippen LogP contribution is -2.48. The van der Waals surface area contributed by atoms with E-state index in [1.807, 2.05) is 42.2 Å². The molecule has 1 saturated heterocycles. The maximum absolute atomic E-state index is 14.6. The van der Waals surface area contributed by atoms with Gasteiger partial charge in [0.25, 0.3) is 0 Å². The third kappa shape index (κ3) is 3.28. The Labute approximate surface area is 235 Å². The van der Waals surface area contributed by atoms with Crippen molar-refractivity contribution in [1.29, 1.82) is 0 Å². The van der Waals surface area contributed by atoms with Gasteiger partial charge in [-0.3, -0.25) is 14.4 Å². The zero-order valence-electron chi connectivity index (χ0n) is 21.5. The number of anilines is 1. The van der Waals surface area contributed by atoms with Crippen LogP contribution in [0.2, 0.25) is 5.02 Å². The number of carbonyl (C=O) groups is 3. The summed E-state index contributed by atoms with van der Waals surface area (Å²) < 4.78 is 14.2. The number of hydrogen-bond acceptors (Lipinski definition) is 4. The highest BCUT2D eigenvalue weighted by atomic mass is 35.5. The Hall–Kier alpha value is -4.35. The van der Waals surface area contributed by atoms with Crippen LogP contribution in [0.1, 0.15) is 53.7 Å². The summed E-state index contributed by atoms with van der Waals surface area (Å²) >= 11 is 6.14. The van der Waals surface area contributed by atoms with E-state index < -0.39 is 29.2 Å². The summed E-state index contributed by atoms with van der Waals surface area (Å²) in [5, 5.41) is 0.491. The van der Waals surface area contributed by atoms with Crippen LogP contribution in [0.15, 0.2) is 97.1 Å². The zero-order valence-corrected chi connectivity index (χ0v) is 22.2. The lowest BCUT2D eigenvalue weighted by molar-refractivity contribution is 0.0666. The molecular weight excluding hydrogens is 525 g/mol. The molecular formula is C34H23ClFNO3. The van der Waals surface area contributed by atoms with E-state index in [0.717, 1.165) is 16.8 Å². The Bertz CT molecular complexity index is 1720. The molecule has 0 bridgehead atoms. The first-order chi connectivity index (χ1) is 19.3. The predicted molar refractivity (Wildman–Crippen MR) is 153 cm³/mol. The molecule has 7 rings (SSSR count). The lowest BCUT2D eigenvalue weighted by Gasteiger charge is -2.37. The van der Waals surface area contributed by atoms with E-state index in [0.29, 0.717) is 27.3 Å². The number of halogens is 2. The van der Waals surface area contributed by atoms with Gasteiger partial charge in [0, 0.05) is 33.3 Å². The predicted octanol–water partition coefficient (Wildman–Crippen LogP) is 7.10. The molecule has 1 fully saturated rings. The van der Waals surface area contributed by atoms with Crippen molar-refractivity contribution in [2.24, 2.45) is 5.41 Å². The van der Waals surface area contributed by atoms with Gasteiger partial charge < -0.3 is 4.90 Å². The average molecular weight is 548 g/mol. The first-order valence-corrected chi connectivity index (χ1v) is 13.5. The Morgan fingerprint density at radius 1 is 0.875 bits per heavy atom. The van der Waals surface area contributed by atoms with Crippen LogP contribution in [0.5, 0.6) is 0 Å². The minimum Gasteiger partial charge on any atom is -0.352 e. The quantitative estimate of drug-likeness (QED) is 0.203. The number of Topliss-reactive ketones (excluding diaryl/α,β-unsaturated/α-hetero) is 3. The number of ketones is 3. The van der Waals surface area contributed by atoms with Gasteiger partial charge in [0.1, 0.15) is 17.3 Å². The summed E-state index contributed by atoms with van der Waals surface area (Å²) in [6, 6.07) is 23.5. The highest BCUT2D eigenvalue weighted by Crippen LogP contribution is 2.61. The van der Waals surface area contributed by atoms with E-state index in [4.69, 9.17) is 11.6 Å². The molecule has 2 heterocycles. The molecule has 6 heteroatoms. The number of hydrogen-bond donors (Lipinski definition) is 0. The van der Waals surface area contributed by atoms with Crippen molar-refractivity contribution in [1.82, 2.24) is 0 Å². The van der Waals surface area contributed by atoms with Crippen LogP contribution >= 0.6 is 11.6 Å². The number of rotatable bonds is 3. The summed E-state index contributed by atoms with van der Waals surface area (Å²) in [5.74, 6) is -2.20. The van der Waals surface area contributed by atoms with Crippen LogP contribution in [0.25, 0.3) is 6.08 Å². The summed E-state index contributed by atoms with van der Waals surface area (Å²) in [5.41, 5.74) is 2.77. The molecule has 4 nitrogen and oxygen atoms in total. The summed E-state index contributed by atoms with van der Waals surface area (Å²) in [6.45, 7) is 1.99. The van der Waals surface area contributed by atoms with Crippen molar-refractivity contribution in [3.63, 3.8) is 0 Å². The first-order valence-electron chi connectivity index (χ1n) is 13.1. The van der Waals surface area contributed by atoms with Crippen LogP contribution in [-0.2, 0) is 0 Å². The van der Waals surface area contributed by atoms with Crippen LogP contribution in [-0.4, -0.2) is 29.4 Å². The lowest BCUT2D eigenvalue weighted by atomic mass is 9.64. The highest BCUT2D eigenvalue weighted by Gasteiger charge is 2.71. The van der Waals surface area contributed by atoms with Gasteiger partial charge in [-0.05, 0) is 66.6 Å². The molecule has 0 amide bonds. The molecule has 0 N–H and O–H groups in total. The topological polar surface area (TPSA) is 54.5 Å². The largest absolute Gasteiger partial charge is 0.352 e. The van der Waals surface area contributed by atoms with E-state index in [2.05, 4.69) is 0 Å². The van der Waals surface area contributed by atoms with Gasteiger partial charge in [-0.2, -0.15) is 0 Å². The minimum absolute atomic E-state index is 0.244. The summed E-state index contributed by atoms with van der Waals surface area (Å²) in [7, 11) is 0. The normalized spacial score (nSPS) is 21.9. The van der Waals surface area contributed by atoms with Gasteiger partial charge in [0.2, 0.25) is 0 Å². The van der Waals surface area contributed by atoms with E-state index in [-0.39, 0.29) is 17.3 Å². The summed E-state index contributed by atoms with van der Waals surface area (Å²) in [6.07, 6.45) is 3.82. The Morgan fingerprint density at radius 2 is 1.52 bits per heavy atom. The SMILES string of the molecule is Cc1ccc2c(c1)C=C[C@@H]1N2[C@@H](C(=O)c2ccc(Cl)cc2)[C@H](c2ccc(F)cc2)C12C(=O)c1ccccc1C2=O. The molecule has 1 spiro atoms. The highest BCUT2D eigenvalue weighted by molar-refractivity contribution is 6.32. The maximum atomic E-state index is 14.6. The molecule has 0 radical (unpaired) electrons. The van der Waals surface area contributed by atoms with Crippen molar-refractivity contribution >= 4 is 40.7 Å². The van der Waals surface area contributed by atoms with E-state index >= 15 is 0 Å². The number of nitrogens with zero attached hydrogens (tertiary/aromatic N) is 1. The van der Waals surface area contributed by atoms with Crippen molar-refractivity contribution in [2.45, 2.75) is 24.9 Å². The first kappa shape index (κ1) is 24.7. The molecule has 0 saturated carbocycles. The molecule has 3 aliphatic rings. The molecule has 196 valence electrons. The zero-order chi connectivity index (χ0) is 27.8. The monoisotopic (exact) mass is 547 g/mol. The van der Waals surface area contributed by atoms with Gasteiger partial charge in [0.15, 0.2) is 17.3 Å². The van der Waals surface area contributed by atoms with Crippen molar-refractivity contribution in [3.05, 3.63) is 141 Å². The molecule has 4 aromatic carbocycles. The van der Waals surface area contributed by atoms with E-state index in [1.165, 1.54) is 12.1 Å².